The zero-order chi connectivity index (χ0) is 18.1. The lowest BCUT2D eigenvalue weighted by Gasteiger charge is -2.09. The Hall–Kier alpha value is -2.44. The molecule has 0 radical (unpaired) electrons. The van der Waals surface area contributed by atoms with E-state index in [-0.39, 0.29) is 11.8 Å². The molecular weight excluding hydrogens is 364 g/mol. The van der Waals surface area contributed by atoms with Crippen molar-refractivity contribution in [2.45, 2.75) is 26.2 Å². The Morgan fingerprint density at radius 1 is 1.00 bits per heavy atom. The van der Waals surface area contributed by atoms with Gasteiger partial charge >= 0.3 is 0 Å². The van der Waals surface area contributed by atoms with Gasteiger partial charge in [-0.1, -0.05) is 23.8 Å². The smallest absolute Gasteiger partial charge is 0.266 e. The van der Waals surface area contributed by atoms with Crippen molar-refractivity contribution in [2.24, 2.45) is 0 Å². The molecule has 0 saturated carbocycles. The fraction of sp³-hybridized carbons (Fsp3) is 0.200. The summed E-state index contributed by atoms with van der Waals surface area (Å²) in [5, 5.41) is 8.44. The summed E-state index contributed by atoms with van der Waals surface area (Å²) in [5.41, 5.74) is 3.60. The lowest BCUT2D eigenvalue weighted by molar-refractivity contribution is 0.102. The number of carbonyl (C=O) groups is 2. The quantitative estimate of drug-likeness (QED) is 0.659. The molecule has 0 spiro atoms. The molecule has 1 aliphatic rings. The van der Waals surface area contributed by atoms with Crippen LogP contribution in [0.4, 0.5) is 10.7 Å². The number of benzene rings is 1. The van der Waals surface area contributed by atoms with E-state index in [1.807, 2.05) is 42.6 Å². The van der Waals surface area contributed by atoms with E-state index in [9.17, 15) is 9.59 Å². The van der Waals surface area contributed by atoms with E-state index in [2.05, 4.69) is 10.6 Å². The van der Waals surface area contributed by atoms with Gasteiger partial charge in [0.05, 0.1) is 10.4 Å². The average Bonchev–Trinajstić information content (AvgIpc) is 3.33. The third-order valence-electron chi connectivity index (χ3n) is 4.43. The summed E-state index contributed by atoms with van der Waals surface area (Å²) in [6.07, 6.45) is 2.92. The van der Waals surface area contributed by atoms with E-state index in [4.69, 9.17) is 0 Å². The van der Waals surface area contributed by atoms with Gasteiger partial charge in [0.1, 0.15) is 5.00 Å². The van der Waals surface area contributed by atoms with Crippen LogP contribution in [0.5, 0.6) is 0 Å². The third kappa shape index (κ3) is 3.30. The van der Waals surface area contributed by atoms with Gasteiger partial charge in [0.2, 0.25) is 0 Å². The Kier molecular flexibility index (Phi) is 4.61. The highest BCUT2D eigenvalue weighted by molar-refractivity contribution is 7.17. The Morgan fingerprint density at radius 2 is 1.81 bits per heavy atom. The summed E-state index contributed by atoms with van der Waals surface area (Å²) in [5.74, 6) is -0.320. The molecule has 3 aromatic rings. The summed E-state index contributed by atoms with van der Waals surface area (Å²) in [6, 6.07) is 11.3. The first kappa shape index (κ1) is 17.0. The number of carbonyl (C=O) groups excluding carboxylic acids is 2. The van der Waals surface area contributed by atoms with E-state index in [0.29, 0.717) is 15.4 Å². The van der Waals surface area contributed by atoms with Crippen LogP contribution in [0, 0.1) is 6.92 Å². The van der Waals surface area contributed by atoms with Crippen LogP contribution in [0.15, 0.2) is 41.8 Å². The first-order chi connectivity index (χ1) is 12.6. The number of hydrogen-bond acceptors (Lipinski definition) is 4. The lowest BCUT2D eigenvalue weighted by atomic mass is 10.1. The van der Waals surface area contributed by atoms with Gasteiger partial charge in [0.15, 0.2) is 0 Å². The number of rotatable bonds is 4. The minimum Gasteiger partial charge on any atom is -0.322 e. The van der Waals surface area contributed by atoms with Crippen LogP contribution in [0.1, 0.15) is 42.5 Å². The molecule has 26 heavy (non-hydrogen) atoms. The molecule has 0 bridgehead atoms. The van der Waals surface area contributed by atoms with Crippen molar-refractivity contribution in [3.8, 4) is 0 Å². The summed E-state index contributed by atoms with van der Waals surface area (Å²) in [7, 11) is 0. The van der Waals surface area contributed by atoms with Crippen molar-refractivity contribution in [2.75, 3.05) is 10.6 Å². The number of nitrogens with one attached hydrogen (secondary N) is 2. The summed E-state index contributed by atoms with van der Waals surface area (Å²) in [6.45, 7) is 2.01. The fourth-order valence-corrected chi connectivity index (χ4v) is 5.04. The van der Waals surface area contributed by atoms with E-state index in [1.165, 1.54) is 27.6 Å². The lowest BCUT2D eigenvalue weighted by Crippen LogP contribution is -2.17. The zero-order valence-electron chi connectivity index (χ0n) is 14.3. The van der Waals surface area contributed by atoms with Crippen LogP contribution in [-0.4, -0.2) is 11.8 Å². The van der Waals surface area contributed by atoms with Gasteiger partial charge < -0.3 is 10.6 Å². The van der Waals surface area contributed by atoms with Crippen molar-refractivity contribution < 1.29 is 9.59 Å². The molecule has 2 heterocycles. The molecule has 1 aromatic carbocycles. The van der Waals surface area contributed by atoms with Gasteiger partial charge in [-0.3, -0.25) is 9.59 Å². The minimum absolute atomic E-state index is 0.158. The predicted molar refractivity (Wildman–Crippen MR) is 108 cm³/mol. The second-order valence-corrected chi connectivity index (χ2v) is 8.37. The molecule has 0 aliphatic heterocycles. The first-order valence-corrected chi connectivity index (χ1v) is 10.2. The number of amides is 2. The minimum atomic E-state index is -0.163. The second-order valence-electron chi connectivity index (χ2n) is 6.31. The molecule has 2 amide bonds. The molecule has 0 unspecified atom stereocenters. The molecular formula is C20H18N2O2S2. The highest BCUT2D eigenvalue weighted by Gasteiger charge is 2.27. The van der Waals surface area contributed by atoms with Crippen molar-refractivity contribution in [3.05, 3.63) is 68.2 Å². The number of aryl methyl sites for hydroxylation is 2. The Morgan fingerprint density at radius 3 is 2.54 bits per heavy atom. The molecule has 0 fully saturated rings. The maximum Gasteiger partial charge on any atom is 0.266 e. The van der Waals surface area contributed by atoms with Crippen molar-refractivity contribution in [1.82, 2.24) is 0 Å². The van der Waals surface area contributed by atoms with Gasteiger partial charge in [0, 0.05) is 10.6 Å². The Bertz CT molecular complexity index is 957. The number of anilines is 2. The van der Waals surface area contributed by atoms with Crippen LogP contribution in [-0.2, 0) is 12.8 Å². The van der Waals surface area contributed by atoms with Crippen molar-refractivity contribution >= 4 is 45.2 Å². The SMILES string of the molecule is Cc1ccc(NC(=O)c2c(NC(=O)c3cccs3)sc3c2CCC3)cc1. The van der Waals surface area contributed by atoms with Crippen molar-refractivity contribution in [3.63, 3.8) is 0 Å². The molecule has 4 nitrogen and oxygen atoms in total. The molecule has 2 N–H and O–H groups in total. The Balaban J connectivity index is 1.62. The zero-order valence-corrected chi connectivity index (χ0v) is 15.9. The van der Waals surface area contributed by atoms with Gasteiger partial charge in [-0.05, 0) is 55.3 Å². The number of hydrogen-bond donors (Lipinski definition) is 2. The fourth-order valence-electron chi connectivity index (χ4n) is 3.14. The number of thiophene rings is 2. The maximum absolute atomic E-state index is 13.0. The van der Waals surface area contributed by atoms with E-state index < -0.39 is 0 Å². The summed E-state index contributed by atoms with van der Waals surface area (Å²) in [4.78, 5) is 27.3. The highest BCUT2D eigenvalue weighted by Crippen LogP contribution is 2.39. The largest absolute Gasteiger partial charge is 0.322 e. The third-order valence-corrected chi connectivity index (χ3v) is 6.51. The maximum atomic E-state index is 13.0. The molecule has 132 valence electrons. The van der Waals surface area contributed by atoms with E-state index in [1.54, 1.807) is 6.07 Å². The van der Waals surface area contributed by atoms with E-state index in [0.717, 1.165) is 36.1 Å². The monoisotopic (exact) mass is 382 g/mol. The normalized spacial score (nSPS) is 12.7. The van der Waals surface area contributed by atoms with Gasteiger partial charge in [-0.15, -0.1) is 22.7 Å². The van der Waals surface area contributed by atoms with Gasteiger partial charge in [-0.25, -0.2) is 0 Å². The second kappa shape index (κ2) is 7.05. The highest BCUT2D eigenvalue weighted by atomic mass is 32.1. The van der Waals surface area contributed by atoms with Crippen LogP contribution < -0.4 is 10.6 Å². The van der Waals surface area contributed by atoms with Crippen molar-refractivity contribution in [1.29, 1.82) is 0 Å². The number of fused-ring (bicyclic) bond motifs is 1. The predicted octanol–water partition coefficient (Wildman–Crippen LogP) is 5.11. The average molecular weight is 383 g/mol. The Labute approximate surface area is 159 Å². The van der Waals surface area contributed by atoms with E-state index >= 15 is 0 Å². The topological polar surface area (TPSA) is 58.2 Å². The van der Waals surface area contributed by atoms with Gasteiger partial charge in [0.25, 0.3) is 11.8 Å². The molecule has 6 heteroatoms. The van der Waals surface area contributed by atoms with Crippen LogP contribution in [0.25, 0.3) is 0 Å². The van der Waals surface area contributed by atoms with Crippen LogP contribution in [0.3, 0.4) is 0 Å². The van der Waals surface area contributed by atoms with Crippen LogP contribution in [0.2, 0.25) is 0 Å². The summed E-state index contributed by atoms with van der Waals surface area (Å²) >= 11 is 2.92. The molecule has 4 rings (SSSR count). The molecule has 0 saturated heterocycles. The molecule has 2 aromatic heterocycles. The first-order valence-electron chi connectivity index (χ1n) is 8.49. The standard InChI is InChI=1S/C20H18N2O2S2/c1-12-7-9-13(10-8-12)21-19(24)17-14-4-2-5-15(14)26-20(17)22-18(23)16-6-3-11-25-16/h3,6-11H,2,4-5H2,1H3,(H,21,24)(H,22,23). The van der Waals surface area contributed by atoms with Crippen LogP contribution >= 0.6 is 22.7 Å². The molecule has 1 aliphatic carbocycles. The summed E-state index contributed by atoms with van der Waals surface area (Å²) < 4.78 is 0. The van der Waals surface area contributed by atoms with Gasteiger partial charge in [-0.2, -0.15) is 0 Å². The molecule has 0 atom stereocenters.